The molecule has 0 aromatic rings. The maximum atomic E-state index is 11.9. The molecule has 0 aliphatic carbocycles. The second kappa shape index (κ2) is 5.09. The van der Waals surface area contributed by atoms with Crippen LogP contribution in [0.2, 0.25) is 0 Å². The summed E-state index contributed by atoms with van der Waals surface area (Å²) in [5, 5.41) is 0. The molecule has 6 heteroatoms. The lowest BCUT2D eigenvalue weighted by molar-refractivity contribution is -0.459. The van der Waals surface area contributed by atoms with Crippen molar-refractivity contribution in [3.63, 3.8) is 0 Å². The lowest BCUT2D eigenvalue weighted by Gasteiger charge is -2.33. The molecule has 0 spiro atoms. The van der Waals surface area contributed by atoms with E-state index in [1.165, 1.54) is 6.92 Å². The predicted octanol–water partition coefficient (Wildman–Crippen LogP) is 2.17. The van der Waals surface area contributed by atoms with Gasteiger partial charge in [0, 0.05) is 0 Å². The maximum Gasteiger partial charge on any atom is 0.392 e. The first kappa shape index (κ1) is 15.9. The van der Waals surface area contributed by atoms with Gasteiger partial charge in [-0.1, -0.05) is 20.8 Å². The molecule has 1 aliphatic rings. The van der Waals surface area contributed by atoms with Crippen LogP contribution in [0.25, 0.3) is 0 Å². The van der Waals surface area contributed by atoms with E-state index in [2.05, 4.69) is 19.6 Å². The van der Waals surface area contributed by atoms with Crippen LogP contribution >= 0.6 is 0 Å². The van der Waals surface area contributed by atoms with Gasteiger partial charge in [0.2, 0.25) is 5.60 Å². The van der Waals surface area contributed by atoms with Gasteiger partial charge < -0.3 is 0 Å². The number of carbonyl (C=O) groups excluding carboxylic acids is 2. The number of carbonyl (C=O) groups is 2. The van der Waals surface area contributed by atoms with Gasteiger partial charge in [0.05, 0.1) is 5.41 Å². The average Bonchev–Trinajstić information content (AvgIpc) is 2.18. The highest BCUT2D eigenvalue weighted by atomic mass is 17.3. The van der Waals surface area contributed by atoms with Crippen molar-refractivity contribution in [2.45, 2.75) is 53.6 Å². The molecule has 0 bridgehead atoms. The van der Waals surface area contributed by atoms with Crippen LogP contribution in [-0.2, 0) is 29.1 Å². The van der Waals surface area contributed by atoms with Crippen LogP contribution in [0.1, 0.15) is 48.0 Å². The molecule has 1 fully saturated rings. The van der Waals surface area contributed by atoms with Crippen LogP contribution in [0.5, 0.6) is 0 Å². The fraction of sp³-hybridized carbons (Fsp3) is 0.846. The minimum atomic E-state index is -1.19. The summed E-state index contributed by atoms with van der Waals surface area (Å²) in [4.78, 5) is 41.7. The molecule has 0 aromatic heterocycles. The van der Waals surface area contributed by atoms with Gasteiger partial charge >= 0.3 is 11.9 Å². The summed E-state index contributed by atoms with van der Waals surface area (Å²) in [7, 11) is 0. The van der Waals surface area contributed by atoms with Crippen molar-refractivity contribution in [2.24, 2.45) is 10.8 Å². The molecule has 110 valence electrons. The summed E-state index contributed by atoms with van der Waals surface area (Å²) < 4.78 is 0. The summed E-state index contributed by atoms with van der Waals surface area (Å²) in [6.07, 6.45) is 0.604. The molecule has 0 N–H and O–H groups in total. The smallest absolute Gasteiger partial charge is 0.247 e. The van der Waals surface area contributed by atoms with Gasteiger partial charge in [-0.25, -0.2) is 29.1 Å². The monoisotopic (exact) mass is 274 g/mol. The summed E-state index contributed by atoms with van der Waals surface area (Å²) in [5.41, 5.74) is -1.96. The van der Waals surface area contributed by atoms with E-state index in [-0.39, 0.29) is 12.0 Å². The van der Waals surface area contributed by atoms with Gasteiger partial charge in [-0.3, -0.25) is 0 Å². The molecular weight excluding hydrogens is 252 g/mol. The Balaban J connectivity index is 2.48. The van der Waals surface area contributed by atoms with Gasteiger partial charge in [0.1, 0.15) is 6.61 Å². The van der Waals surface area contributed by atoms with Gasteiger partial charge in [-0.15, -0.1) is 0 Å². The number of rotatable bonds is 3. The van der Waals surface area contributed by atoms with Crippen molar-refractivity contribution in [3.05, 3.63) is 0 Å². The SMILES string of the molecule is CC(C)(C)CC(C)(C)C(=O)OOC(=O)C1(C)COO1. The maximum absolute atomic E-state index is 11.9. The van der Waals surface area contributed by atoms with Crippen LogP contribution < -0.4 is 0 Å². The van der Waals surface area contributed by atoms with Crippen LogP contribution in [0.3, 0.4) is 0 Å². The van der Waals surface area contributed by atoms with E-state index in [9.17, 15) is 9.59 Å². The first-order valence-corrected chi connectivity index (χ1v) is 6.20. The third kappa shape index (κ3) is 4.18. The van der Waals surface area contributed by atoms with Gasteiger partial charge in [0.15, 0.2) is 0 Å². The summed E-state index contributed by atoms with van der Waals surface area (Å²) in [6, 6.07) is 0. The molecule has 1 atom stereocenters. The van der Waals surface area contributed by atoms with E-state index in [0.29, 0.717) is 6.42 Å². The Labute approximate surface area is 113 Å². The summed E-state index contributed by atoms with van der Waals surface area (Å²) in [5.74, 6) is -1.36. The van der Waals surface area contributed by atoms with E-state index in [0.717, 1.165) is 0 Å². The third-order valence-electron chi connectivity index (χ3n) is 2.73. The molecule has 6 nitrogen and oxygen atoms in total. The lowest BCUT2D eigenvalue weighted by atomic mass is 9.76. The molecule has 1 unspecified atom stereocenters. The molecule has 0 amide bonds. The Morgan fingerprint density at radius 2 is 1.68 bits per heavy atom. The molecule has 19 heavy (non-hydrogen) atoms. The normalized spacial score (nSPS) is 23.5. The zero-order valence-electron chi connectivity index (χ0n) is 12.4. The Morgan fingerprint density at radius 1 is 1.16 bits per heavy atom. The van der Waals surface area contributed by atoms with E-state index < -0.39 is 23.0 Å². The van der Waals surface area contributed by atoms with E-state index in [1.807, 2.05) is 20.8 Å². The summed E-state index contributed by atoms with van der Waals surface area (Å²) in [6.45, 7) is 11.1. The quantitative estimate of drug-likeness (QED) is 0.580. The van der Waals surface area contributed by atoms with Crippen LogP contribution in [0.4, 0.5) is 0 Å². The highest BCUT2D eigenvalue weighted by Crippen LogP contribution is 2.34. The Bertz CT molecular complexity index is 362. The number of hydrogen-bond donors (Lipinski definition) is 0. The topological polar surface area (TPSA) is 71.1 Å². The van der Waals surface area contributed by atoms with E-state index in [4.69, 9.17) is 0 Å². The standard InChI is InChI=1S/C13H22O6/c1-11(2,3)7-12(4,5)9(14)17-18-10(15)13(6)8-16-19-13/h7-8H2,1-6H3. The zero-order chi connectivity index (χ0) is 14.9. The first-order valence-electron chi connectivity index (χ1n) is 6.20. The predicted molar refractivity (Wildman–Crippen MR) is 65.5 cm³/mol. The van der Waals surface area contributed by atoms with Crippen LogP contribution in [0.15, 0.2) is 0 Å². The molecule has 1 saturated heterocycles. The Hall–Kier alpha value is -1.14. The second-order valence-corrected chi connectivity index (χ2v) is 6.94. The van der Waals surface area contributed by atoms with Crippen molar-refractivity contribution >= 4 is 11.9 Å². The van der Waals surface area contributed by atoms with Crippen molar-refractivity contribution in [1.29, 1.82) is 0 Å². The average molecular weight is 274 g/mol. The fourth-order valence-electron chi connectivity index (χ4n) is 2.00. The van der Waals surface area contributed by atoms with Crippen molar-refractivity contribution < 1.29 is 29.1 Å². The van der Waals surface area contributed by atoms with Gasteiger partial charge in [0.25, 0.3) is 0 Å². The minimum absolute atomic E-state index is 0.0383. The third-order valence-corrected chi connectivity index (χ3v) is 2.73. The highest BCUT2D eigenvalue weighted by Gasteiger charge is 2.48. The molecule has 1 heterocycles. The fourth-order valence-corrected chi connectivity index (χ4v) is 2.00. The van der Waals surface area contributed by atoms with Gasteiger partial charge in [-0.2, -0.15) is 0 Å². The second-order valence-electron chi connectivity index (χ2n) is 6.94. The highest BCUT2D eigenvalue weighted by molar-refractivity contribution is 5.81. The first-order chi connectivity index (χ1) is 8.46. The van der Waals surface area contributed by atoms with Crippen molar-refractivity contribution in [1.82, 2.24) is 0 Å². The molecular formula is C13H22O6. The largest absolute Gasteiger partial charge is 0.392 e. The Kier molecular flexibility index (Phi) is 4.27. The molecule has 0 saturated carbocycles. The van der Waals surface area contributed by atoms with Crippen molar-refractivity contribution in [3.8, 4) is 0 Å². The van der Waals surface area contributed by atoms with Crippen LogP contribution in [0, 0.1) is 10.8 Å². The molecule has 0 aromatic carbocycles. The van der Waals surface area contributed by atoms with E-state index in [1.54, 1.807) is 13.8 Å². The Morgan fingerprint density at radius 3 is 2.05 bits per heavy atom. The molecule has 0 radical (unpaired) electrons. The minimum Gasteiger partial charge on any atom is -0.247 e. The number of hydrogen-bond acceptors (Lipinski definition) is 6. The lowest BCUT2D eigenvalue weighted by Crippen LogP contribution is -2.52. The molecule has 1 aliphatic heterocycles. The van der Waals surface area contributed by atoms with Gasteiger partial charge in [-0.05, 0) is 32.6 Å². The summed E-state index contributed by atoms with van der Waals surface area (Å²) >= 11 is 0. The molecule has 1 rings (SSSR count). The van der Waals surface area contributed by atoms with Crippen molar-refractivity contribution in [2.75, 3.05) is 6.61 Å². The van der Waals surface area contributed by atoms with Crippen LogP contribution in [-0.4, -0.2) is 24.1 Å². The van der Waals surface area contributed by atoms with E-state index >= 15 is 0 Å². The zero-order valence-corrected chi connectivity index (χ0v) is 12.4.